The number of benzene rings is 1. The summed E-state index contributed by atoms with van der Waals surface area (Å²) in [7, 11) is 0. The lowest BCUT2D eigenvalue weighted by molar-refractivity contribution is -0.117. The summed E-state index contributed by atoms with van der Waals surface area (Å²) in [6.07, 6.45) is 0. The Balaban J connectivity index is 0.00000225. The fraction of sp³-hybridized carbons (Fsp3) is 0.300. The van der Waals surface area contributed by atoms with Crippen LogP contribution in [0.25, 0.3) is 0 Å². The number of hydrogen-bond donors (Lipinski definition) is 3. The average Bonchev–Trinajstić information content (AvgIpc) is 2.13. The molecule has 1 amide bonds. The Hall–Kier alpha value is -0.780. The third-order valence-corrected chi connectivity index (χ3v) is 2.48. The molecular weight excluding hydrogens is 295 g/mol. The van der Waals surface area contributed by atoms with Gasteiger partial charge in [-0.2, -0.15) is 0 Å². The van der Waals surface area contributed by atoms with Gasteiger partial charge in [-0.05, 0) is 47.5 Å². The number of carbonyl (C=O) groups excluding carboxylic acids is 1. The maximum absolute atomic E-state index is 11.3. The smallest absolute Gasteiger partial charge is 0.241 e. The van der Waals surface area contributed by atoms with Crippen LogP contribution in [-0.4, -0.2) is 17.1 Å². The monoisotopic (exact) mass is 308 g/mol. The molecule has 6 heteroatoms. The van der Waals surface area contributed by atoms with Crippen molar-refractivity contribution in [1.29, 1.82) is 0 Å². The third kappa shape index (κ3) is 3.66. The molecule has 0 spiro atoms. The number of phenolic OH excluding ortho intramolecular Hbond substituents is 1. The van der Waals surface area contributed by atoms with E-state index in [1.165, 1.54) is 0 Å². The van der Waals surface area contributed by atoms with Crippen molar-refractivity contribution in [3.63, 3.8) is 0 Å². The van der Waals surface area contributed by atoms with Gasteiger partial charge in [0.05, 0.1) is 16.2 Å². The second-order valence-electron chi connectivity index (χ2n) is 3.42. The summed E-state index contributed by atoms with van der Waals surface area (Å²) in [6.45, 7) is 3.45. The lowest BCUT2D eigenvalue weighted by Gasteiger charge is -2.11. The molecule has 1 rings (SSSR count). The second kappa shape index (κ2) is 6.08. The highest BCUT2D eigenvalue weighted by Gasteiger charge is 2.12. The maximum Gasteiger partial charge on any atom is 0.241 e. The Kier molecular flexibility index (Phi) is 5.78. The first-order chi connectivity index (χ1) is 6.91. The Morgan fingerprint density at radius 1 is 1.56 bits per heavy atom. The average molecular weight is 310 g/mol. The Morgan fingerprint density at radius 2 is 2.12 bits per heavy atom. The van der Waals surface area contributed by atoms with E-state index in [2.05, 4.69) is 21.2 Å². The van der Waals surface area contributed by atoms with Crippen LogP contribution in [0.1, 0.15) is 12.5 Å². The number of aromatic hydroxyl groups is 1. The fourth-order valence-electron chi connectivity index (χ4n) is 1.08. The summed E-state index contributed by atoms with van der Waals surface area (Å²) < 4.78 is 0.544. The standard InChI is InChI=1S/C10H13BrN2O2.ClH/c1-5-3-7(11)9(14)8(4-5)13-10(15)6(2)12;/h3-4,6,14H,12H2,1-2H3,(H,13,15);1H. The van der Waals surface area contributed by atoms with Gasteiger partial charge in [-0.25, -0.2) is 0 Å². The number of carbonyl (C=O) groups is 1. The first-order valence-corrected chi connectivity index (χ1v) is 5.26. The summed E-state index contributed by atoms with van der Waals surface area (Å²) in [5, 5.41) is 12.2. The number of amides is 1. The van der Waals surface area contributed by atoms with E-state index in [0.29, 0.717) is 10.2 Å². The number of anilines is 1. The molecule has 0 aliphatic heterocycles. The van der Waals surface area contributed by atoms with E-state index in [0.717, 1.165) is 5.56 Å². The van der Waals surface area contributed by atoms with E-state index in [-0.39, 0.29) is 24.1 Å². The summed E-state index contributed by atoms with van der Waals surface area (Å²) in [4.78, 5) is 11.3. The van der Waals surface area contributed by atoms with E-state index in [1.807, 2.05) is 6.92 Å². The van der Waals surface area contributed by atoms with Crippen molar-refractivity contribution in [1.82, 2.24) is 0 Å². The molecule has 0 radical (unpaired) electrons. The molecule has 1 aromatic rings. The zero-order valence-electron chi connectivity index (χ0n) is 8.95. The first-order valence-electron chi connectivity index (χ1n) is 4.47. The van der Waals surface area contributed by atoms with Crippen molar-refractivity contribution in [2.24, 2.45) is 5.73 Å². The highest BCUT2D eigenvalue weighted by atomic mass is 79.9. The highest BCUT2D eigenvalue weighted by Crippen LogP contribution is 2.33. The predicted molar refractivity (Wildman–Crippen MR) is 70.1 cm³/mol. The SMILES string of the molecule is Cc1cc(Br)c(O)c(NC(=O)C(C)N)c1.Cl. The molecule has 0 heterocycles. The normalized spacial score (nSPS) is 11.5. The van der Waals surface area contributed by atoms with Gasteiger partial charge < -0.3 is 16.2 Å². The number of aryl methyl sites for hydroxylation is 1. The summed E-state index contributed by atoms with van der Waals surface area (Å²) >= 11 is 3.19. The Bertz CT molecular complexity index is 397. The molecule has 0 bridgehead atoms. The van der Waals surface area contributed by atoms with Crippen molar-refractivity contribution in [2.75, 3.05) is 5.32 Å². The first kappa shape index (κ1) is 15.2. The summed E-state index contributed by atoms with van der Waals surface area (Å²) in [6, 6.07) is 2.83. The van der Waals surface area contributed by atoms with Gasteiger partial charge in [0.15, 0.2) is 5.75 Å². The lowest BCUT2D eigenvalue weighted by Crippen LogP contribution is -2.32. The van der Waals surface area contributed by atoms with Crippen molar-refractivity contribution < 1.29 is 9.90 Å². The van der Waals surface area contributed by atoms with Gasteiger partial charge in [0.1, 0.15) is 0 Å². The van der Waals surface area contributed by atoms with Gasteiger partial charge in [-0.1, -0.05) is 0 Å². The number of hydrogen-bond acceptors (Lipinski definition) is 3. The molecule has 1 unspecified atom stereocenters. The minimum atomic E-state index is -0.608. The van der Waals surface area contributed by atoms with Crippen molar-refractivity contribution in [3.8, 4) is 5.75 Å². The van der Waals surface area contributed by atoms with Crippen LogP contribution < -0.4 is 11.1 Å². The molecule has 4 N–H and O–H groups in total. The van der Waals surface area contributed by atoms with Crippen molar-refractivity contribution >= 4 is 39.9 Å². The second-order valence-corrected chi connectivity index (χ2v) is 4.28. The predicted octanol–water partition coefficient (Wildman–Crippen LogP) is 2.17. The van der Waals surface area contributed by atoms with E-state index in [1.54, 1.807) is 19.1 Å². The summed E-state index contributed by atoms with van der Waals surface area (Å²) in [5.74, 6) is -0.322. The Morgan fingerprint density at radius 3 is 2.62 bits per heavy atom. The van der Waals surface area contributed by atoms with Crippen LogP contribution in [0.3, 0.4) is 0 Å². The molecule has 16 heavy (non-hydrogen) atoms. The van der Waals surface area contributed by atoms with E-state index in [4.69, 9.17) is 5.73 Å². The molecular formula is C10H14BrClN2O2. The van der Waals surface area contributed by atoms with Crippen LogP contribution >= 0.6 is 28.3 Å². The molecule has 0 aliphatic rings. The minimum Gasteiger partial charge on any atom is -0.505 e. The molecule has 1 aromatic carbocycles. The molecule has 90 valence electrons. The lowest BCUT2D eigenvalue weighted by atomic mass is 10.2. The van der Waals surface area contributed by atoms with Crippen LogP contribution in [0.15, 0.2) is 16.6 Å². The zero-order valence-corrected chi connectivity index (χ0v) is 11.4. The van der Waals surface area contributed by atoms with E-state index < -0.39 is 6.04 Å². The van der Waals surface area contributed by atoms with Gasteiger partial charge in [0, 0.05) is 0 Å². The van der Waals surface area contributed by atoms with Crippen LogP contribution in [0.4, 0.5) is 5.69 Å². The van der Waals surface area contributed by atoms with Crippen molar-refractivity contribution in [2.45, 2.75) is 19.9 Å². The van der Waals surface area contributed by atoms with Crippen LogP contribution in [0.5, 0.6) is 5.75 Å². The summed E-state index contributed by atoms with van der Waals surface area (Å²) in [5.41, 5.74) is 6.70. The number of nitrogens with two attached hydrogens (primary N) is 1. The molecule has 0 aliphatic carbocycles. The third-order valence-electron chi connectivity index (χ3n) is 1.88. The van der Waals surface area contributed by atoms with Gasteiger partial charge in [-0.3, -0.25) is 4.79 Å². The molecule has 4 nitrogen and oxygen atoms in total. The highest BCUT2D eigenvalue weighted by molar-refractivity contribution is 9.10. The molecule has 0 saturated carbocycles. The van der Waals surface area contributed by atoms with Gasteiger partial charge in [-0.15, -0.1) is 12.4 Å². The number of nitrogens with one attached hydrogen (secondary N) is 1. The largest absolute Gasteiger partial charge is 0.505 e. The van der Waals surface area contributed by atoms with Crippen molar-refractivity contribution in [3.05, 3.63) is 22.2 Å². The molecule has 0 saturated heterocycles. The quantitative estimate of drug-likeness (QED) is 0.733. The van der Waals surface area contributed by atoms with Gasteiger partial charge >= 0.3 is 0 Å². The number of phenols is 1. The molecule has 0 aromatic heterocycles. The maximum atomic E-state index is 11.3. The van der Waals surface area contributed by atoms with Crippen LogP contribution in [0, 0.1) is 6.92 Å². The molecule has 0 fully saturated rings. The number of rotatable bonds is 2. The van der Waals surface area contributed by atoms with Gasteiger partial charge in [0.2, 0.25) is 5.91 Å². The zero-order chi connectivity index (χ0) is 11.6. The fourth-order valence-corrected chi connectivity index (χ4v) is 1.65. The number of halogens is 2. The van der Waals surface area contributed by atoms with E-state index in [9.17, 15) is 9.90 Å². The van der Waals surface area contributed by atoms with Crippen LogP contribution in [0.2, 0.25) is 0 Å². The van der Waals surface area contributed by atoms with E-state index >= 15 is 0 Å². The minimum absolute atomic E-state index is 0. The van der Waals surface area contributed by atoms with Gasteiger partial charge in [0.25, 0.3) is 0 Å². The molecule has 1 atom stereocenters. The topological polar surface area (TPSA) is 75.3 Å². The van der Waals surface area contributed by atoms with Crippen LogP contribution in [-0.2, 0) is 4.79 Å². The Labute approximate surface area is 109 Å².